The molecule has 0 atom stereocenters. The van der Waals surface area contributed by atoms with Gasteiger partial charge < -0.3 is 5.11 Å². The van der Waals surface area contributed by atoms with Crippen LogP contribution in [0, 0.1) is 5.92 Å². The summed E-state index contributed by atoms with van der Waals surface area (Å²) in [5.74, 6) is -0.798. The van der Waals surface area contributed by atoms with Gasteiger partial charge in [-0.25, -0.2) is 4.39 Å². The molecular formula is C10H15FO3. The van der Waals surface area contributed by atoms with E-state index in [2.05, 4.69) is 0 Å². The highest BCUT2D eigenvalue weighted by Crippen LogP contribution is 2.36. The molecule has 0 bridgehead atoms. The molecule has 0 aliphatic heterocycles. The second-order valence-electron chi connectivity index (χ2n) is 3.93. The van der Waals surface area contributed by atoms with Gasteiger partial charge in [-0.15, -0.1) is 0 Å². The molecule has 0 amide bonds. The normalized spacial score (nSPS) is 32.6. The van der Waals surface area contributed by atoms with Crippen LogP contribution in [0.2, 0.25) is 0 Å². The summed E-state index contributed by atoms with van der Waals surface area (Å²) in [4.78, 5) is 22.0. The molecular weight excluding hydrogens is 187 g/mol. The highest BCUT2D eigenvalue weighted by atomic mass is 19.1. The van der Waals surface area contributed by atoms with Gasteiger partial charge in [0.2, 0.25) is 0 Å². The molecule has 1 aliphatic rings. The van der Waals surface area contributed by atoms with Crippen LogP contribution in [0.25, 0.3) is 0 Å². The van der Waals surface area contributed by atoms with E-state index in [4.69, 9.17) is 5.11 Å². The fourth-order valence-corrected chi connectivity index (χ4v) is 1.90. The minimum absolute atomic E-state index is 0.0588. The number of carbonyl (C=O) groups excluding carboxylic acids is 2. The standard InChI is InChI=1S/C10H15FO3/c1-7(13)8-2-4-10(11,5-3-8)9(14)6-12/h8,12H,2-6H2,1H3. The van der Waals surface area contributed by atoms with Crippen LogP contribution in [0.1, 0.15) is 32.6 Å². The van der Waals surface area contributed by atoms with E-state index in [1.165, 1.54) is 6.92 Å². The van der Waals surface area contributed by atoms with Gasteiger partial charge in [-0.1, -0.05) is 0 Å². The number of halogens is 1. The van der Waals surface area contributed by atoms with E-state index in [0.29, 0.717) is 12.8 Å². The molecule has 1 fully saturated rings. The molecule has 1 N–H and O–H groups in total. The van der Waals surface area contributed by atoms with Crippen LogP contribution in [-0.2, 0) is 9.59 Å². The first-order chi connectivity index (χ1) is 6.49. The van der Waals surface area contributed by atoms with Crippen LogP contribution in [-0.4, -0.2) is 28.9 Å². The lowest BCUT2D eigenvalue weighted by Gasteiger charge is -2.31. The molecule has 1 aliphatic carbocycles. The second-order valence-corrected chi connectivity index (χ2v) is 3.93. The zero-order valence-corrected chi connectivity index (χ0v) is 8.25. The SMILES string of the molecule is CC(=O)C1CCC(F)(C(=O)CO)CC1. The molecule has 0 radical (unpaired) electrons. The molecule has 0 spiro atoms. The summed E-state index contributed by atoms with van der Waals surface area (Å²) in [5, 5.41) is 8.57. The van der Waals surface area contributed by atoms with Crippen molar-refractivity contribution in [3.63, 3.8) is 0 Å². The maximum absolute atomic E-state index is 13.8. The Hall–Kier alpha value is -0.770. The lowest BCUT2D eigenvalue weighted by atomic mass is 9.76. The van der Waals surface area contributed by atoms with E-state index in [1.54, 1.807) is 0 Å². The van der Waals surface area contributed by atoms with E-state index in [0.717, 1.165) is 0 Å². The summed E-state index contributed by atoms with van der Waals surface area (Å²) in [5.41, 5.74) is -1.89. The van der Waals surface area contributed by atoms with E-state index < -0.39 is 18.1 Å². The van der Waals surface area contributed by atoms with Crippen LogP contribution in [0.15, 0.2) is 0 Å². The van der Waals surface area contributed by atoms with Crippen molar-refractivity contribution in [1.82, 2.24) is 0 Å². The Morgan fingerprint density at radius 2 is 1.93 bits per heavy atom. The van der Waals surface area contributed by atoms with Crippen LogP contribution < -0.4 is 0 Å². The number of Topliss-reactive ketones (excluding diaryl/α,β-unsaturated/α-hetero) is 2. The Kier molecular flexibility index (Phi) is 3.37. The highest BCUT2D eigenvalue weighted by Gasteiger charge is 2.42. The predicted octanol–water partition coefficient (Wildman–Crippen LogP) is 1.04. The number of alkyl halides is 1. The highest BCUT2D eigenvalue weighted by molar-refractivity contribution is 5.88. The van der Waals surface area contributed by atoms with E-state index >= 15 is 0 Å². The van der Waals surface area contributed by atoms with Gasteiger partial charge in [0, 0.05) is 5.92 Å². The van der Waals surface area contributed by atoms with Crippen LogP contribution >= 0.6 is 0 Å². The Bertz CT molecular complexity index is 242. The topological polar surface area (TPSA) is 54.4 Å². The summed E-state index contributed by atoms with van der Waals surface area (Å²) in [6.45, 7) is 0.741. The van der Waals surface area contributed by atoms with Crippen molar-refractivity contribution >= 4 is 11.6 Å². The van der Waals surface area contributed by atoms with Gasteiger partial charge in [-0.05, 0) is 32.6 Å². The van der Waals surface area contributed by atoms with E-state index in [-0.39, 0.29) is 24.5 Å². The number of carbonyl (C=O) groups is 2. The fraction of sp³-hybridized carbons (Fsp3) is 0.800. The Balaban J connectivity index is 2.57. The van der Waals surface area contributed by atoms with Crippen molar-refractivity contribution in [1.29, 1.82) is 0 Å². The first-order valence-corrected chi connectivity index (χ1v) is 4.83. The number of aliphatic hydroxyl groups is 1. The quantitative estimate of drug-likeness (QED) is 0.743. The minimum atomic E-state index is -1.89. The van der Waals surface area contributed by atoms with Gasteiger partial charge >= 0.3 is 0 Å². The molecule has 0 aromatic heterocycles. The maximum Gasteiger partial charge on any atom is 0.195 e. The van der Waals surface area contributed by atoms with E-state index in [1.807, 2.05) is 0 Å². The average Bonchev–Trinajstić information content (AvgIpc) is 2.17. The van der Waals surface area contributed by atoms with Crippen molar-refractivity contribution in [2.24, 2.45) is 5.92 Å². The summed E-state index contributed by atoms with van der Waals surface area (Å²) in [6, 6.07) is 0. The molecule has 3 nitrogen and oxygen atoms in total. The predicted molar refractivity (Wildman–Crippen MR) is 48.6 cm³/mol. The first kappa shape index (κ1) is 11.3. The molecule has 0 aromatic carbocycles. The third-order valence-corrected chi connectivity index (χ3v) is 3.00. The molecule has 80 valence electrons. The Morgan fingerprint density at radius 3 is 2.29 bits per heavy atom. The molecule has 0 aromatic rings. The van der Waals surface area contributed by atoms with Crippen molar-refractivity contribution < 1.29 is 19.1 Å². The first-order valence-electron chi connectivity index (χ1n) is 4.83. The third-order valence-electron chi connectivity index (χ3n) is 3.00. The zero-order valence-electron chi connectivity index (χ0n) is 8.25. The maximum atomic E-state index is 13.8. The molecule has 1 saturated carbocycles. The van der Waals surface area contributed by atoms with Crippen molar-refractivity contribution in [2.75, 3.05) is 6.61 Å². The molecule has 0 heterocycles. The molecule has 14 heavy (non-hydrogen) atoms. The van der Waals surface area contributed by atoms with Crippen LogP contribution in [0.4, 0.5) is 4.39 Å². The van der Waals surface area contributed by atoms with Gasteiger partial charge in [-0.3, -0.25) is 9.59 Å². The summed E-state index contributed by atoms with van der Waals surface area (Å²) in [7, 11) is 0. The molecule has 0 unspecified atom stereocenters. The van der Waals surface area contributed by atoms with Gasteiger partial charge in [0.05, 0.1) is 0 Å². The van der Waals surface area contributed by atoms with Crippen molar-refractivity contribution in [3.05, 3.63) is 0 Å². The van der Waals surface area contributed by atoms with Crippen molar-refractivity contribution in [2.45, 2.75) is 38.3 Å². The van der Waals surface area contributed by atoms with Gasteiger partial charge in [0.25, 0.3) is 0 Å². The summed E-state index contributed by atoms with van der Waals surface area (Å²) < 4.78 is 13.8. The molecule has 0 saturated heterocycles. The number of ketones is 2. The minimum Gasteiger partial charge on any atom is -0.388 e. The fourth-order valence-electron chi connectivity index (χ4n) is 1.90. The molecule has 1 rings (SSSR count). The monoisotopic (exact) mass is 202 g/mol. The largest absolute Gasteiger partial charge is 0.388 e. The Morgan fingerprint density at radius 1 is 1.43 bits per heavy atom. The third kappa shape index (κ3) is 2.18. The number of hydrogen-bond acceptors (Lipinski definition) is 3. The van der Waals surface area contributed by atoms with E-state index in [9.17, 15) is 14.0 Å². The zero-order chi connectivity index (χ0) is 10.8. The lowest BCUT2D eigenvalue weighted by molar-refractivity contribution is -0.138. The number of rotatable bonds is 3. The Labute approximate surface area is 82.3 Å². The smallest absolute Gasteiger partial charge is 0.195 e. The molecule has 4 heteroatoms. The lowest BCUT2D eigenvalue weighted by Crippen LogP contribution is -2.40. The van der Waals surface area contributed by atoms with Crippen molar-refractivity contribution in [3.8, 4) is 0 Å². The summed E-state index contributed by atoms with van der Waals surface area (Å²) >= 11 is 0. The van der Waals surface area contributed by atoms with Crippen LogP contribution in [0.5, 0.6) is 0 Å². The van der Waals surface area contributed by atoms with Gasteiger partial charge in [-0.2, -0.15) is 0 Å². The average molecular weight is 202 g/mol. The van der Waals surface area contributed by atoms with Crippen LogP contribution in [0.3, 0.4) is 0 Å². The summed E-state index contributed by atoms with van der Waals surface area (Å²) in [6.07, 6.45) is 0.961. The second kappa shape index (κ2) is 4.17. The number of aliphatic hydroxyl groups excluding tert-OH is 1. The number of hydrogen-bond donors (Lipinski definition) is 1. The van der Waals surface area contributed by atoms with Gasteiger partial charge in [0.1, 0.15) is 12.4 Å². The van der Waals surface area contributed by atoms with Gasteiger partial charge in [0.15, 0.2) is 11.5 Å².